The van der Waals surface area contributed by atoms with Gasteiger partial charge in [0, 0.05) is 35.6 Å². The zero-order valence-electron chi connectivity index (χ0n) is 18.6. The van der Waals surface area contributed by atoms with Crippen molar-refractivity contribution in [1.82, 2.24) is 0 Å². The average Bonchev–Trinajstić information content (AvgIpc) is 3.02. The summed E-state index contributed by atoms with van der Waals surface area (Å²) in [6.07, 6.45) is 7.59. The molecule has 0 unspecified atom stereocenters. The molecule has 4 rings (SSSR count). The first kappa shape index (κ1) is 20.9. The highest BCUT2D eigenvalue weighted by Gasteiger charge is 2.32. The molecule has 4 heteroatoms. The van der Waals surface area contributed by atoms with Gasteiger partial charge in [-0.2, -0.15) is 0 Å². The maximum atomic E-state index is 12.5. The molecule has 0 amide bonds. The predicted octanol–water partition coefficient (Wildman–Crippen LogP) is 6.27. The molecule has 31 heavy (non-hydrogen) atoms. The molecule has 2 aromatic carbocycles. The van der Waals surface area contributed by atoms with Crippen LogP contribution in [0.5, 0.6) is 0 Å². The molecule has 4 nitrogen and oxygen atoms in total. The highest BCUT2D eigenvalue weighted by atomic mass is 16.4. The highest BCUT2D eigenvalue weighted by molar-refractivity contribution is 6.08. The smallest absolute Gasteiger partial charge is 0.343 e. The van der Waals surface area contributed by atoms with Crippen molar-refractivity contribution in [3.63, 3.8) is 0 Å². The lowest BCUT2D eigenvalue weighted by Gasteiger charge is -2.20. The summed E-state index contributed by atoms with van der Waals surface area (Å²) in [5, 5.41) is 0.913. The first-order valence-corrected chi connectivity index (χ1v) is 10.8. The molecule has 158 valence electrons. The summed E-state index contributed by atoms with van der Waals surface area (Å²) in [6.45, 7) is 10.4. The van der Waals surface area contributed by atoms with Gasteiger partial charge < -0.3 is 9.32 Å². The Balaban J connectivity index is 1.56. The monoisotopic (exact) mass is 412 g/mol. The van der Waals surface area contributed by atoms with Gasteiger partial charge in [-0.05, 0) is 55.8 Å². The summed E-state index contributed by atoms with van der Waals surface area (Å²) in [5.41, 5.74) is 5.00. The van der Waals surface area contributed by atoms with Crippen molar-refractivity contribution in [2.75, 3.05) is 18.0 Å². The molecule has 0 saturated heterocycles. The number of hydrogen-bond acceptors (Lipinski definition) is 4. The predicted molar refractivity (Wildman–Crippen MR) is 131 cm³/mol. The van der Waals surface area contributed by atoms with Gasteiger partial charge in [-0.15, -0.1) is 0 Å². The van der Waals surface area contributed by atoms with Crippen LogP contribution >= 0.6 is 0 Å². The first-order valence-electron chi connectivity index (χ1n) is 10.8. The number of aliphatic imine (C=N–C) groups is 1. The van der Waals surface area contributed by atoms with Gasteiger partial charge in [-0.3, -0.25) is 4.99 Å². The summed E-state index contributed by atoms with van der Waals surface area (Å²) < 4.78 is 5.60. The van der Waals surface area contributed by atoms with Crippen molar-refractivity contribution >= 4 is 34.1 Å². The fraction of sp³-hybridized carbons (Fsp3) is 0.259. The minimum atomic E-state index is -0.334. The minimum Gasteiger partial charge on any atom is -0.422 e. The Morgan fingerprint density at radius 3 is 2.48 bits per heavy atom. The van der Waals surface area contributed by atoms with Crippen LogP contribution in [0.1, 0.15) is 38.8 Å². The van der Waals surface area contributed by atoms with Crippen molar-refractivity contribution in [2.24, 2.45) is 4.99 Å². The zero-order chi connectivity index (χ0) is 22.0. The second kappa shape index (κ2) is 8.38. The molecular formula is C27H28N2O2. The number of rotatable bonds is 6. The number of nitrogens with zero attached hydrogens (tertiary/aromatic N) is 2. The van der Waals surface area contributed by atoms with Gasteiger partial charge in [0.2, 0.25) is 0 Å². The number of para-hydroxylation sites is 1. The quantitative estimate of drug-likeness (QED) is 0.354. The average molecular weight is 413 g/mol. The molecule has 0 aliphatic carbocycles. The molecule has 0 N–H and O–H groups in total. The van der Waals surface area contributed by atoms with Gasteiger partial charge in [0.1, 0.15) is 5.58 Å². The molecule has 1 aliphatic rings. The number of fused-ring (bicyclic) bond motifs is 2. The maximum absolute atomic E-state index is 12.5. The highest BCUT2D eigenvalue weighted by Crippen LogP contribution is 2.39. The van der Waals surface area contributed by atoms with Crippen molar-refractivity contribution < 1.29 is 4.42 Å². The number of hydrogen-bond donors (Lipinski definition) is 0. The summed E-state index contributed by atoms with van der Waals surface area (Å²) in [7, 11) is 0. The zero-order valence-corrected chi connectivity index (χ0v) is 18.6. The van der Waals surface area contributed by atoms with Crippen molar-refractivity contribution in [1.29, 1.82) is 0 Å². The standard InChI is InChI=1S/C27H28N2O2/c1-5-29(6-2)21-16-15-19-17-20(26(30)31-24(19)18-21)11-7-10-14-25-27(3,4)22-12-8-9-13-23(22)28-25/h7-18H,5-6H2,1-4H3/b11-7+,14-10+. The maximum Gasteiger partial charge on any atom is 0.343 e. The third kappa shape index (κ3) is 3.98. The van der Waals surface area contributed by atoms with E-state index in [2.05, 4.69) is 44.7 Å². The van der Waals surface area contributed by atoms with E-state index in [1.54, 1.807) is 6.08 Å². The van der Waals surface area contributed by atoms with Crippen molar-refractivity contribution in [2.45, 2.75) is 33.1 Å². The Morgan fingerprint density at radius 2 is 1.74 bits per heavy atom. The van der Waals surface area contributed by atoms with Crippen LogP contribution in [0.4, 0.5) is 11.4 Å². The summed E-state index contributed by atoms with van der Waals surface area (Å²) in [4.78, 5) is 19.5. The second-order valence-electron chi connectivity index (χ2n) is 8.24. The van der Waals surface area contributed by atoms with Crippen LogP contribution in [0.25, 0.3) is 17.0 Å². The van der Waals surface area contributed by atoms with Crippen molar-refractivity contribution in [3.8, 4) is 0 Å². The lowest BCUT2D eigenvalue weighted by Crippen LogP contribution is -2.23. The van der Waals surface area contributed by atoms with Crippen molar-refractivity contribution in [3.05, 3.63) is 88.3 Å². The van der Waals surface area contributed by atoms with E-state index in [0.29, 0.717) is 11.1 Å². The fourth-order valence-electron chi connectivity index (χ4n) is 4.08. The van der Waals surface area contributed by atoms with E-state index in [9.17, 15) is 4.79 Å². The molecular weight excluding hydrogens is 384 g/mol. The van der Waals surface area contributed by atoms with Gasteiger partial charge in [0.05, 0.1) is 17.0 Å². The molecule has 0 bridgehead atoms. The Labute approximate surface area is 183 Å². The summed E-state index contributed by atoms with van der Waals surface area (Å²) in [6, 6.07) is 16.1. The van der Waals surface area contributed by atoms with Crippen LogP contribution in [-0.2, 0) is 5.41 Å². The largest absolute Gasteiger partial charge is 0.422 e. The first-order chi connectivity index (χ1) is 14.9. The Morgan fingerprint density at radius 1 is 1.00 bits per heavy atom. The van der Waals surface area contributed by atoms with Crippen LogP contribution in [0, 0.1) is 0 Å². The Hall–Kier alpha value is -3.40. The third-order valence-electron chi connectivity index (χ3n) is 5.97. The van der Waals surface area contributed by atoms with Crippen LogP contribution in [0.3, 0.4) is 0 Å². The van der Waals surface area contributed by atoms with Crippen LogP contribution < -0.4 is 10.5 Å². The fourth-order valence-corrected chi connectivity index (χ4v) is 4.08. The molecule has 3 aromatic rings. The molecule has 1 aliphatic heterocycles. The van der Waals surface area contributed by atoms with E-state index in [1.165, 1.54) is 5.56 Å². The van der Waals surface area contributed by atoms with Crippen LogP contribution in [0.15, 0.2) is 81.0 Å². The van der Waals surface area contributed by atoms with Gasteiger partial charge in [0.15, 0.2) is 0 Å². The van der Waals surface area contributed by atoms with E-state index in [4.69, 9.17) is 9.41 Å². The Kier molecular flexibility index (Phi) is 5.64. The van der Waals surface area contributed by atoms with Crippen LogP contribution in [0.2, 0.25) is 0 Å². The lowest BCUT2D eigenvalue weighted by molar-refractivity contribution is 0.559. The normalized spacial score (nSPS) is 15.0. The minimum absolute atomic E-state index is 0.133. The lowest BCUT2D eigenvalue weighted by atomic mass is 9.81. The van der Waals surface area contributed by atoms with Gasteiger partial charge in [-0.25, -0.2) is 4.79 Å². The number of anilines is 1. The molecule has 0 radical (unpaired) electrons. The Bertz CT molecular complexity index is 1260. The molecule has 0 saturated carbocycles. The topological polar surface area (TPSA) is 45.8 Å². The van der Waals surface area contributed by atoms with E-state index >= 15 is 0 Å². The van der Waals surface area contributed by atoms with Gasteiger partial charge in [-0.1, -0.05) is 44.2 Å². The molecule has 0 atom stereocenters. The molecule has 0 fully saturated rings. The number of allylic oxidation sites excluding steroid dienone is 3. The third-order valence-corrected chi connectivity index (χ3v) is 5.97. The second-order valence-corrected chi connectivity index (χ2v) is 8.24. The summed E-state index contributed by atoms with van der Waals surface area (Å²) >= 11 is 0. The van der Waals surface area contributed by atoms with E-state index in [1.807, 2.05) is 54.6 Å². The number of benzene rings is 2. The molecule has 1 aromatic heterocycles. The van der Waals surface area contributed by atoms with E-state index in [0.717, 1.165) is 35.6 Å². The molecule has 2 heterocycles. The van der Waals surface area contributed by atoms with E-state index in [-0.39, 0.29) is 11.0 Å². The molecule has 0 spiro atoms. The summed E-state index contributed by atoms with van der Waals surface area (Å²) in [5.74, 6) is 0. The van der Waals surface area contributed by atoms with Crippen LogP contribution in [-0.4, -0.2) is 18.8 Å². The van der Waals surface area contributed by atoms with Gasteiger partial charge >= 0.3 is 5.63 Å². The van der Waals surface area contributed by atoms with Gasteiger partial charge in [0.25, 0.3) is 0 Å². The SMILES string of the molecule is CCN(CC)c1ccc2cc(/C=C/C=C/C3=Nc4ccccc4C3(C)C)c(=O)oc2c1. The van der Waals surface area contributed by atoms with E-state index < -0.39 is 0 Å².